The molecule has 0 radical (unpaired) electrons. The van der Waals surface area contributed by atoms with Crippen LogP contribution in [-0.4, -0.2) is 94.6 Å². The van der Waals surface area contributed by atoms with Crippen LogP contribution in [0.3, 0.4) is 0 Å². The molecule has 0 unspecified atom stereocenters. The fourth-order valence-corrected chi connectivity index (χ4v) is 5.75. The van der Waals surface area contributed by atoms with Gasteiger partial charge in [-0.3, -0.25) is 4.68 Å². The number of morpholine rings is 1. The Morgan fingerprint density at radius 2 is 1.87 bits per heavy atom. The van der Waals surface area contributed by atoms with E-state index in [4.69, 9.17) is 19.8 Å². The van der Waals surface area contributed by atoms with E-state index in [1.54, 1.807) is 0 Å². The largest absolute Gasteiger partial charge is 0.378 e. The number of nitrogens with zero attached hydrogens (tertiary/aromatic N) is 7. The summed E-state index contributed by atoms with van der Waals surface area (Å²) >= 11 is 0. The van der Waals surface area contributed by atoms with Crippen LogP contribution in [0.25, 0.3) is 33.5 Å². The van der Waals surface area contributed by atoms with Crippen molar-refractivity contribution in [1.29, 1.82) is 0 Å². The lowest BCUT2D eigenvalue weighted by Gasteiger charge is -2.31. The van der Waals surface area contributed by atoms with Gasteiger partial charge in [-0.05, 0) is 51.2 Å². The van der Waals surface area contributed by atoms with Gasteiger partial charge in [0.25, 0.3) is 0 Å². The zero-order chi connectivity index (χ0) is 26.1. The van der Waals surface area contributed by atoms with Crippen molar-refractivity contribution >= 4 is 16.9 Å². The summed E-state index contributed by atoms with van der Waals surface area (Å²) in [7, 11) is 4.22. The molecule has 5 heterocycles. The zero-order valence-electron chi connectivity index (χ0n) is 22.7. The van der Waals surface area contributed by atoms with Gasteiger partial charge in [-0.1, -0.05) is 13.0 Å². The van der Waals surface area contributed by atoms with Crippen molar-refractivity contribution in [2.75, 3.05) is 64.9 Å². The van der Waals surface area contributed by atoms with Crippen LogP contribution in [0.4, 0.5) is 5.69 Å². The summed E-state index contributed by atoms with van der Waals surface area (Å²) in [6, 6.07) is 7.14. The molecule has 0 amide bonds. The Labute approximate surface area is 224 Å². The number of rotatable bonds is 7. The molecule has 0 atom stereocenters. The molecule has 2 fully saturated rings. The van der Waals surface area contributed by atoms with Crippen molar-refractivity contribution in [2.45, 2.75) is 32.4 Å². The molecule has 1 N–H and O–H groups in total. The molecular weight excluding hydrogens is 476 g/mol. The second kappa shape index (κ2) is 10.8. The molecule has 200 valence electrons. The van der Waals surface area contributed by atoms with Crippen molar-refractivity contribution in [1.82, 2.24) is 34.5 Å². The Morgan fingerprint density at radius 3 is 2.63 bits per heavy atom. The maximum atomic E-state index is 5.58. The third-order valence-electron chi connectivity index (χ3n) is 7.89. The Kier molecular flexibility index (Phi) is 7.14. The van der Waals surface area contributed by atoms with Crippen molar-refractivity contribution in [3.05, 3.63) is 48.5 Å². The SMILES string of the molecule is CCN1CCC(n2cc(-c3c[nH]c4ncc(-c5ccc(N6CCOCC6)c(CN(C)C)c5)nc34)cn2)CC1. The maximum absolute atomic E-state index is 5.58. The third-order valence-corrected chi connectivity index (χ3v) is 7.89. The van der Waals surface area contributed by atoms with Gasteiger partial charge in [0.1, 0.15) is 5.52 Å². The molecule has 0 aliphatic carbocycles. The number of nitrogens with one attached hydrogen (secondary N) is 1. The summed E-state index contributed by atoms with van der Waals surface area (Å²) in [5.74, 6) is 0. The van der Waals surface area contributed by atoms with E-state index in [2.05, 4.69) is 69.8 Å². The van der Waals surface area contributed by atoms with Crippen LogP contribution in [0, 0.1) is 0 Å². The van der Waals surface area contributed by atoms with Gasteiger partial charge in [0.2, 0.25) is 0 Å². The number of fused-ring (bicyclic) bond motifs is 1. The van der Waals surface area contributed by atoms with Gasteiger partial charge < -0.3 is 24.4 Å². The molecule has 2 aliphatic heterocycles. The van der Waals surface area contributed by atoms with Crippen molar-refractivity contribution in [3.8, 4) is 22.4 Å². The average molecular weight is 515 g/mol. The molecule has 0 saturated carbocycles. The fraction of sp³-hybridized carbons (Fsp3) is 0.483. The fourth-order valence-electron chi connectivity index (χ4n) is 5.75. The van der Waals surface area contributed by atoms with Gasteiger partial charge in [-0.15, -0.1) is 0 Å². The summed E-state index contributed by atoms with van der Waals surface area (Å²) in [5.41, 5.74) is 8.34. The molecule has 38 heavy (non-hydrogen) atoms. The quantitative estimate of drug-likeness (QED) is 0.399. The summed E-state index contributed by atoms with van der Waals surface area (Å²) < 4.78 is 7.73. The molecule has 9 heteroatoms. The lowest BCUT2D eigenvalue weighted by molar-refractivity contribution is 0.122. The van der Waals surface area contributed by atoms with Gasteiger partial charge in [0.05, 0.1) is 37.3 Å². The highest BCUT2D eigenvalue weighted by molar-refractivity contribution is 5.91. The topological polar surface area (TPSA) is 78.3 Å². The van der Waals surface area contributed by atoms with E-state index in [0.717, 1.165) is 98.9 Å². The van der Waals surface area contributed by atoms with Crippen LogP contribution >= 0.6 is 0 Å². The number of benzene rings is 1. The molecule has 3 aromatic heterocycles. The van der Waals surface area contributed by atoms with Gasteiger partial charge >= 0.3 is 0 Å². The molecule has 2 aliphatic rings. The van der Waals surface area contributed by atoms with E-state index in [1.165, 1.54) is 11.3 Å². The number of H-pyrrole nitrogens is 1. The zero-order valence-corrected chi connectivity index (χ0v) is 22.7. The van der Waals surface area contributed by atoms with Crippen LogP contribution in [0.1, 0.15) is 31.4 Å². The van der Waals surface area contributed by atoms with E-state index in [-0.39, 0.29) is 0 Å². The first-order valence-electron chi connectivity index (χ1n) is 13.8. The van der Waals surface area contributed by atoms with Crippen LogP contribution in [0.2, 0.25) is 0 Å². The Bertz CT molecular complexity index is 1380. The Balaban J connectivity index is 1.30. The molecular formula is C29H38N8O. The minimum Gasteiger partial charge on any atom is -0.378 e. The van der Waals surface area contributed by atoms with Gasteiger partial charge in [0.15, 0.2) is 5.65 Å². The van der Waals surface area contributed by atoms with Gasteiger partial charge in [-0.25, -0.2) is 9.97 Å². The van der Waals surface area contributed by atoms with Crippen LogP contribution in [0.5, 0.6) is 0 Å². The second-order valence-corrected chi connectivity index (χ2v) is 10.7. The maximum Gasteiger partial charge on any atom is 0.156 e. The predicted octanol–water partition coefficient (Wildman–Crippen LogP) is 4.04. The normalized spacial score (nSPS) is 17.6. The van der Waals surface area contributed by atoms with Gasteiger partial charge in [-0.2, -0.15) is 5.10 Å². The molecule has 6 rings (SSSR count). The van der Waals surface area contributed by atoms with Crippen LogP contribution < -0.4 is 4.90 Å². The van der Waals surface area contributed by atoms with E-state index >= 15 is 0 Å². The minimum absolute atomic E-state index is 0.457. The molecule has 0 bridgehead atoms. The molecule has 2 saturated heterocycles. The van der Waals surface area contributed by atoms with Crippen molar-refractivity contribution in [3.63, 3.8) is 0 Å². The van der Waals surface area contributed by atoms with E-state index in [1.807, 2.05) is 18.6 Å². The van der Waals surface area contributed by atoms with Crippen LogP contribution in [0.15, 0.2) is 43.0 Å². The Morgan fingerprint density at radius 1 is 1.05 bits per heavy atom. The number of likely N-dealkylation sites (tertiary alicyclic amines) is 1. The highest BCUT2D eigenvalue weighted by Gasteiger charge is 2.22. The molecule has 1 aromatic carbocycles. The van der Waals surface area contributed by atoms with Crippen LogP contribution in [-0.2, 0) is 11.3 Å². The van der Waals surface area contributed by atoms with Crippen molar-refractivity contribution in [2.24, 2.45) is 0 Å². The first kappa shape index (κ1) is 25.0. The number of hydrogen-bond donors (Lipinski definition) is 1. The summed E-state index contributed by atoms with van der Waals surface area (Å²) in [4.78, 5) is 20.3. The highest BCUT2D eigenvalue weighted by atomic mass is 16.5. The monoisotopic (exact) mass is 514 g/mol. The lowest BCUT2D eigenvalue weighted by Crippen LogP contribution is -2.37. The second-order valence-electron chi connectivity index (χ2n) is 10.7. The number of ether oxygens (including phenoxy) is 1. The first-order valence-corrected chi connectivity index (χ1v) is 13.8. The standard InChI is InChI=1S/C29H38N8O/c1-4-35-9-7-24(8-10-35)37-20-23(16-32-37)25-17-30-29-28(25)33-26(18-31-29)21-5-6-27(22(15-21)19-34(2)3)36-11-13-38-14-12-36/h5-6,15-18,20,24H,4,7-14,19H2,1-3H3,(H,30,31). The van der Waals surface area contributed by atoms with E-state index < -0.39 is 0 Å². The molecule has 0 spiro atoms. The number of aromatic amines is 1. The van der Waals surface area contributed by atoms with Crippen molar-refractivity contribution < 1.29 is 4.74 Å². The summed E-state index contributed by atoms with van der Waals surface area (Å²) in [6.45, 7) is 9.89. The third kappa shape index (κ3) is 5.06. The number of piperidine rings is 1. The number of anilines is 1. The predicted molar refractivity (Wildman–Crippen MR) is 151 cm³/mol. The smallest absolute Gasteiger partial charge is 0.156 e. The first-order chi connectivity index (χ1) is 18.6. The summed E-state index contributed by atoms with van der Waals surface area (Å²) in [5, 5.41) is 4.75. The number of aromatic nitrogens is 5. The number of hydrogen-bond acceptors (Lipinski definition) is 7. The van der Waals surface area contributed by atoms with E-state index in [0.29, 0.717) is 6.04 Å². The Hall–Kier alpha value is -3.27. The molecule has 9 nitrogen and oxygen atoms in total. The average Bonchev–Trinajstić information content (AvgIpc) is 3.60. The molecule has 4 aromatic rings. The summed E-state index contributed by atoms with van der Waals surface area (Å²) in [6.07, 6.45) is 10.3. The van der Waals surface area contributed by atoms with E-state index in [9.17, 15) is 0 Å². The highest BCUT2D eigenvalue weighted by Crippen LogP contribution is 2.32. The minimum atomic E-state index is 0.457. The lowest BCUT2D eigenvalue weighted by atomic mass is 10.0. The van der Waals surface area contributed by atoms with Gasteiger partial charge in [0, 0.05) is 67.5 Å².